The first kappa shape index (κ1) is 15.1. The van der Waals surface area contributed by atoms with E-state index in [-0.39, 0.29) is 17.8 Å². The van der Waals surface area contributed by atoms with Gasteiger partial charge in [-0.15, -0.1) is 5.10 Å². The minimum atomic E-state index is -0.264. The van der Waals surface area contributed by atoms with E-state index in [1.54, 1.807) is 21.5 Å². The molecule has 0 unspecified atom stereocenters. The summed E-state index contributed by atoms with van der Waals surface area (Å²) in [6, 6.07) is 6.46. The molecule has 1 aromatic carbocycles. The maximum Gasteiger partial charge on any atom is 0.222 e. The first-order chi connectivity index (χ1) is 11.6. The lowest BCUT2D eigenvalue weighted by Gasteiger charge is -2.29. The van der Waals surface area contributed by atoms with E-state index in [2.05, 4.69) is 15.4 Å². The highest BCUT2D eigenvalue weighted by Crippen LogP contribution is 2.26. The Morgan fingerprint density at radius 1 is 1.33 bits per heavy atom. The first-order valence-corrected chi connectivity index (χ1v) is 8.53. The molecule has 3 aromatic rings. The van der Waals surface area contributed by atoms with E-state index in [4.69, 9.17) is 0 Å². The van der Waals surface area contributed by atoms with Crippen LogP contribution in [0.2, 0.25) is 0 Å². The molecule has 1 amide bonds. The van der Waals surface area contributed by atoms with Gasteiger partial charge in [-0.1, -0.05) is 11.3 Å². The average Bonchev–Trinajstić information content (AvgIpc) is 3.10. The lowest BCUT2D eigenvalue weighted by Crippen LogP contribution is -2.43. The largest absolute Gasteiger partial charge is 0.356 e. The standard InChI is InChI=1S/C16H16FN5OS/c1-21-8-12(6-7-14(21)23)18-15-20-22-9-13(19-16(22)24-15)10-2-4-11(17)5-3-10/h2-5,9,12H,6-8H2,1H3,(H,18,20)/t12-/m1/s1. The number of benzene rings is 1. The maximum atomic E-state index is 13.0. The molecule has 1 aliphatic rings. The zero-order chi connectivity index (χ0) is 16.7. The summed E-state index contributed by atoms with van der Waals surface area (Å²) in [4.78, 5) is 18.6. The van der Waals surface area contributed by atoms with Crippen molar-refractivity contribution in [3.8, 4) is 11.3 Å². The van der Waals surface area contributed by atoms with Gasteiger partial charge in [0.2, 0.25) is 16.0 Å². The third kappa shape index (κ3) is 2.84. The number of carbonyl (C=O) groups excluding carboxylic acids is 1. The van der Waals surface area contributed by atoms with Gasteiger partial charge in [-0.3, -0.25) is 4.79 Å². The molecule has 124 valence electrons. The van der Waals surface area contributed by atoms with Crippen LogP contribution in [0.15, 0.2) is 30.5 Å². The van der Waals surface area contributed by atoms with Crippen molar-refractivity contribution in [2.75, 3.05) is 18.9 Å². The summed E-state index contributed by atoms with van der Waals surface area (Å²) in [6.45, 7) is 0.682. The highest BCUT2D eigenvalue weighted by Gasteiger charge is 2.23. The molecule has 6 nitrogen and oxygen atoms in total. The molecule has 1 atom stereocenters. The Morgan fingerprint density at radius 3 is 2.83 bits per heavy atom. The van der Waals surface area contributed by atoms with Crippen molar-refractivity contribution in [2.24, 2.45) is 0 Å². The molecule has 4 rings (SSSR count). The number of anilines is 1. The Kier molecular flexibility index (Phi) is 3.68. The minimum absolute atomic E-state index is 0.186. The topological polar surface area (TPSA) is 62.5 Å². The van der Waals surface area contributed by atoms with Crippen LogP contribution < -0.4 is 5.32 Å². The van der Waals surface area contributed by atoms with E-state index in [9.17, 15) is 9.18 Å². The van der Waals surface area contributed by atoms with Crippen molar-refractivity contribution in [1.29, 1.82) is 0 Å². The summed E-state index contributed by atoms with van der Waals surface area (Å²) in [7, 11) is 1.82. The van der Waals surface area contributed by atoms with Gasteiger partial charge in [0.15, 0.2) is 0 Å². The smallest absolute Gasteiger partial charge is 0.222 e. The first-order valence-electron chi connectivity index (χ1n) is 7.71. The summed E-state index contributed by atoms with van der Waals surface area (Å²) in [5.41, 5.74) is 1.62. The zero-order valence-corrected chi connectivity index (χ0v) is 13.9. The molecule has 1 aliphatic heterocycles. The predicted molar refractivity (Wildman–Crippen MR) is 90.5 cm³/mol. The molecule has 1 fully saturated rings. The van der Waals surface area contributed by atoms with E-state index in [0.29, 0.717) is 13.0 Å². The normalized spacial score (nSPS) is 18.3. The number of nitrogens with one attached hydrogen (secondary N) is 1. The molecular formula is C16H16FN5OS. The van der Waals surface area contributed by atoms with Gasteiger partial charge in [-0.25, -0.2) is 13.9 Å². The SMILES string of the molecule is CN1C[C@H](Nc2nn3cc(-c4ccc(F)cc4)nc3s2)CCC1=O. The highest BCUT2D eigenvalue weighted by molar-refractivity contribution is 7.20. The van der Waals surface area contributed by atoms with Crippen LogP contribution in [0, 0.1) is 5.82 Å². The van der Waals surface area contributed by atoms with E-state index in [1.165, 1.54) is 23.5 Å². The number of piperidine rings is 1. The van der Waals surface area contributed by atoms with Crippen LogP contribution >= 0.6 is 11.3 Å². The fourth-order valence-electron chi connectivity index (χ4n) is 2.82. The third-order valence-electron chi connectivity index (χ3n) is 4.14. The fraction of sp³-hybridized carbons (Fsp3) is 0.312. The molecule has 0 radical (unpaired) electrons. The molecule has 8 heteroatoms. The van der Waals surface area contributed by atoms with Crippen LogP contribution in [0.3, 0.4) is 0 Å². The van der Waals surface area contributed by atoms with Crippen molar-refractivity contribution in [3.05, 3.63) is 36.3 Å². The summed E-state index contributed by atoms with van der Waals surface area (Å²) in [5.74, 6) is -0.0776. The molecular weight excluding hydrogens is 329 g/mol. The monoisotopic (exact) mass is 345 g/mol. The Morgan fingerprint density at radius 2 is 2.12 bits per heavy atom. The van der Waals surface area contributed by atoms with Gasteiger partial charge in [0.25, 0.3) is 0 Å². The number of rotatable bonds is 3. The Balaban J connectivity index is 1.51. The molecule has 0 saturated carbocycles. The van der Waals surface area contributed by atoms with E-state index in [0.717, 1.165) is 27.8 Å². The van der Waals surface area contributed by atoms with Crippen LogP contribution in [0.5, 0.6) is 0 Å². The number of hydrogen-bond donors (Lipinski definition) is 1. The Hall–Kier alpha value is -2.48. The van der Waals surface area contributed by atoms with Crippen LogP contribution in [0.25, 0.3) is 16.2 Å². The van der Waals surface area contributed by atoms with E-state index >= 15 is 0 Å². The van der Waals surface area contributed by atoms with Gasteiger partial charge in [-0.05, 0) is 30.7 Å². The van der Waals surface area contributed by atoms with Crippen molar-refractivity contribution in [1.82, 2.24) is 19.5 Å². The van der Waals surface area contributed by atoms with Crippen molar-refractivity contribution in [3.63, 3.8) is 0 Å². The number of carbonyl (C=O) groups is 1. The predicted octanol–water partition coefficient (Wildman–Crippen LogP) is 2.63. The van der Waals surface area contributed by atoms with Crippen LogP contribution in [0.1, 0.15) is 12.8 Å². The van der Waals surface area contributed by atoms with Crippen molar-refractivity contribution >= 4 is 27.3 Å². The lowest BCUT2D eigenvalue weighted by atomic mass is 10.1. The number of halogens is 1. The van der Waals surface area contributed by atoms with Crippen LogP contribution in [-0.4, -0.2) is 45.0 Å². The van der Waals surface area contributed by atoms with Gasteiger partial charge in [-0.2, -0.15) is 0 Å². The molecule has 0 spiro atoms. The van der Waals surface area contributed by atoms with E-state index in [1.807, 2.05) is 13.2 Å². The number of aromatic nitrogens is 3. The fourth-order valence-corrected chi connectivity index (χ4v) is 3.68. The molecule has 1 N–H and O–H groups in total. The summed E-state index contributed by atoms with van der Waals surface area (Å²) in [6.07, 6.45) is 3.21. The quantitative estimate of drug-likeness (QED) is 0.793. The van der Waals surface area contributed by atoms with E-state index < -0.39 is 0 Å². The van der Waals surface area contributed by atoms with Gasteiger partial charge in [0.1, 0.15) is 5.82 Å². The third-order valence-corrected chi connectivity index (χ3v) is 4.99. The van der Waals surface area contributed by atoms with Crippen LogP contribution in [-0.2, 0) is 4.79 Å². The van der Waals surface area contributed by atoms with Gasteiger partial charge < -0.3 is 10.2 Å². The van der Waals surface area contributed by atoms with Crippen molar-refractivity contribution < 1.29 is 9.18 Å². The average molecular weight is 345 g/mol. The van der Waals surface area contributed by atoms with Gasteiger partial charge >= 0.3 is 0 Å². The number of amides is 1. The second kappa shape index (κ2) is 5.86. The molecule has 0 aliphatic carbocycles. The Labute approximate surface area is 141 Å². The van der Waals surface area contributed by atoms with Crippen LogP contribution in [0.4, 0.5) is 9.52 Å². The highest BCUT2D eigenvalue weighted by atomic mass is 32.1. The number of hydrogen-bond acceptors (Lipinski definition) is 5. The number of likely N-dealkylation sites (N-methyl/N-ethyl adjacent to an activating group) is 1. The maximum absolute atomic E-state index is 13.0. The zero-order valence-electron chi connectivity index (χ0n) is 13.1. The summed E-state index contributed by atoms with van der Waals surface area (Å²) < 4.78 is 14.7. The molecule has 3 heterocycles. The second-order valence-corrected chi connectivity index (χ2v) is 6.88. The molecule has 1 saturated heterocycles. The number of likely N-dealkylation sites (tertiary alicyclic amines) is 1. The molecule has 24 heavy (non-hydrogen) atoms. The van der Waals surface area contributed by atoms with Gasteiger partial charge in [0.05, 0.1) is 11.9 Å². The minimum Gasteiger partial charge on any atom is -0.356 e. The van der Waals surface area contributed by atoms with Gasteiger partial charge in [0, 0.05) is 31.6 Å². The summed E-state index contributed by atoms with van der Waals surface area (Å²) in [5, 5.41) is 8.66. The Bertz CT molecular complexity index is 856. The number of nitrogens with zero attached hydrogens (tertiary/aromatic N) is 4. The number of imidazole rings is 1. The lowest BCUT2D eigenvalue weighted by molar-refractivity contribution is -0.132. The molecule has 2 aromatic heterocycles. The molecule has 0 bridgehead atoms. The number of fused-ring (bicyclic) bond motifs is 1. The summed E-state index contributed by atoms with van der Waals surface area (Å²) >= 11 is 1.46. The van der Waals surface area contributed by atoms with Crippen molar-refractivity contribution in [2.45, 2.75) is 18.9 Å². The second-order valence-electron chi connectivity index (χ2n) is 5.92.